The van der Waals surface area contributed by atoms with Gasteiger partial charge in [0.1, 0.15) is 11.6 Å². The number of benzene rings is 2. The number of hydrogen-bond donors (Lipinski definition) is 1. The summed E-state index contributed by atoms with van der Waals surface area (Å²) in [6, 6.07) is 11.8. The van der Waals surface area contributed by atoms with E-state index in [9.17, 15) is 13.6 Å². The van der Waals surface area contributed by atoms with E-state index in [0.29, 0.717) is 6.54 Å². The second-order valence-corrected chi connectivity index (χ2v) is 5.44. The third-order valence-electron chi connectivity index (χ3n) is 3.50. The lowest BCUT2D eigenvalue weighted by atomic mass is 9.83. The first kappa shape index (κ1) is 15.2. The van der Waals surface area contributed by atoms with Gasteiger partial charge in [-0.05, 0) is 49.2 Å². The molecule has 0 bridgehead atoms. The van der Waals surface area contributed by atoms with Gasteiger partial charge in [0.2, 0.25) is 5.91 Å². The SMILES string of the molecule is CC(C)(C(=O)NCc1ccc(F)cc1)c1ccc(F)cc1. The van der Waals surface area contributed by atoms with Crippen LogP contribution in [0.4, 0.5) is 8.78 Å². The fraction of sp³-hybridized carbons (Fsp3) is 0.235. The smallest absolute Gasteiger partial charge is 0.230 e. The zero-order valence-corrected chi connectivity index (χ0v) is 12.0. The van der Waals surface area contributed by atoms with Crippen LogP contribution in [0, 0.1) is 11.6 Å². The first-order valence-corrected chi connectivity index (χ1v) is 6.68. The maximum Gasteiger partial charge on any atom is 0.230 e. The molecule has 0 aromatic heterocycles. The summed E-state index contributed by atoms with van der Waals surface area (Å²) < 4.78 is 25.8. The quantitative estimate of drug-likeness (QED) is 0.916. The predicted octanol–water partition coefficient (Wildman–Crippen LogP) is 3.56. The number of carbonyl (C=O) groups is 1. The largest absolute Gasteiger partial charge is 0.351 e. The molecule has 0 saturated heterocycles. The average Bonchev–Trinajstić information content (AvgIpc) is 2.46. The Morgan fingerprint density at radius 2 is 1.43 bits per heavy atom. The van der Waals surface area contributed by atoms with Crippen LogP contribution in [0.25, 0.3) is 0 Å². The molecule has 110 valence electrons. The summed E-state index contributed by atoms with van der Waals surface area (Å²) >= 11 is 0. The van der Waals surface area contributed by atoms with Crippen LogP contribution in [0.2, 0.25) is 0 Å². The molecule has 0 spiro atoms. The Balaban J connectivity index is 2.04. The summed E-state index contributed by atoms with van der Waals surface area (Å²) in [4.78, 5) is 12.3. The van der Waals surface area contributed by atoms with Gasteiger partial charge in [0.25, 0.3) is 0 Å². The summed E-state index contributed by atoms with van der Waals surface area (Å²) in [6.07, 6.45) is 0. The van der Waals surface area contributed by atoms with Gasteiger partial charge in [-0.25, -0.2) is 8.78 Å². The number of rotatable bonds is 4. The number of hydrogen-bond acceptors (Lipinski definition) is 1. The van der Waals surface area contributed by atoms with Gasteiger partial charge in [0, 0.05) is 6.54 Å². The zero-order valence-electron chi connectivity index (χ0n) is 12.0. The number of nitrogens with one attached hydrogen (secondary N) is 1. The van der Waals surface area contributed by atoms with E-state index >= 15 is 0 Å². The fourth-order valence-corrected chi connectivity index (χ4v) is 2.00. The van der Waals surface area contributed by atoms with Crippen LogP contribution in [0.1, 0.15) is 25.0 Å². The van der Waals surface area contributed by atoms with Crippen LogP contribution in [0.15, 0.2) is 48.5 Å². The normalized spacial score (nSPS) is 11.2. The molecule has 4 heteroatoms. The Morgan fingerprint density at radius 3 is 1.95 bits per heavy atom. The third-order valence-corrected chi connectivity index (χ3v) is 3.50. The third kappa shape index (κ3) is 3.66. The minimum absolute atomic E-state index is 0.168. The minimum atomic E-state index is -0.770. The highest BCUT2D eigenvalue weighted by Crippen LogP contribution is 2.23. The van der Waals surface area contributed by atoms with Gasteiger partial charge in [-0.3, -0.25) is 4.79 Å². The molecule has 2 aromatic carbocycles. The van der Waals surface area contributed by atoms with Crippen molar-refractivity contribution in [1.29, 1.82) is 0 Å². The van der Waals surface area contributed by atoms with Crippen LogP contribution in [0.5, 0.6) is 0 Å². The lowest BCUT2D eigenvalue weighted by molar-refractivity contribution is -0.125. The highest BCUT2D eigenvalue weighted by atomic mass is 19.1. The van der Waals surface area contributed by atoms with E-state index in [1.807, 2.05) is 0 Å². The van der Waals surface area contributed by atoms with E-state index in [2.05, 4.69) is 5.32 Å². The van der Waals surface area contributed by atoms with Gasteiger partial charge in [-0.15, -0.1) is 0 Å². The molecular formula is C17H17F2NO. The van der Waals surface area contributed by atoms with Crippen molar-refractivity contribution in [2.45, 2.75) is 25.8 Å². The fourth-order valence-electron chi connectivity index (χ4n) is 2.00. The van der Waals surface area contributed by atoms with E-state index in [1.165, 1.54) is 24.3 Å². The molecule has 21 heavy (non-hydrogen) atoms. The number of amides is 1. The van der Waals surface area contributed by atoms with Crippen molar-refractivity contribution in [2.24, 2.45) is 0 Å². The molecule has 2 nitrogen and oxygen atoms in total. The molecule has 1 N–H and O–H groups in total. The van der Waals surface area contributed by atoms with Crippen molar-refractivity contribution in [2.75, 3.05) is 0 Å². The van der Waals surface area contributed by atoms with Crippen LogP contribution >= 0.6 is 0 Å². The van der Waals surface area contributed by atoms with Crippen molar-refractivity contribution < 1.29 is 13.6 Å². The molecule has 0 fully saturated rings. The molecule has 2 aromatic rings. The second-order valence-electron chi connectivity index (χ2n) is 5.44. The van der Waals surface area contributed by atoms with Crippen molar-refractivity contribution in [3.8, 4) is 0 Å². The summed E-state index contributed by atoms with van der Waals surface area (Å²) in [6.45, 7) is 3.88. The van der Waals surface area contributed by atoms with Gasteiger partial charge in [-0.2, -0.15) is 0 Å². The lowest BCUT2D eigenvalue weighted by Crippen LogP contribution is -2.39. The van der Waals surface area contributed by atoms with Gasteiger partial charge in [0.15, 0.2) is 0 Å². The van der Waals surface area contributed by atoms with Crippen LogP contribution in [-0.2, 0) is 16.8 Å². The van der Waals surface area contributed by atoms with Crippen LogP contribution in [-0.4, -0.2) is 5.91 Å². The summed E-state index contributed by atoms with van der Waals surface area (Å²) in [5.41, 5.74) is 0.786. The topological polar surface area (TPSA) is 29.1 Å². The summed E-state index contributed by atoms with van der Waals surface area (Å²) in [5.74, 6) is -0.809. The molecule has 0 saturated carbocycles. The van der Waals surface area contributed by atoms with E-state index in [1.54, 1.807) is 38.1 Å². The van der Waals surface area contributed by atoms with Crippen LogP contribution in [0.3, 0.4) is 0 Å². The Morgan fingerprint density at radius 1 is 0.952 bits per heavy atom. The molecule has 0 atom stereocenters. The summed E-state index contributed by atoms with van der Waals surface area (Å²) in [5, 5.41) is 2.82. The Labute approximate surface area is 122 Å². The monoisotopic (exact) mass is 289 g/mol. The van der Waals surface area contributed by atoms with Gasteiger partial charge < -0.3 is 5.32 Å². The van der Waals surface area contributed by atoms with E-state index in [0.717, 1.165) is 11.1 Å². The first-order chi connectivity index (χ1) is 9.89. The van der Waals surface area contributed by atoms with Crippen molar-refractivity contribution in [1.82, 2.24) is 5.32 Å². The minimum Gasteiger partial charge on any atom is -0.351 e. The molecule has 2 rings (SSSR count). The maximum atomic E-state index is 12.9. The van der Waals surface area contributed by atoms with Crippen molar-refractivity contribution in [3.63, 3.8) is 0 Å². The van der Waals surface area contributed by atoms with Gasteiger partial charge >= 0.3 is 0 Å². The molecule has 0 aliphatic carbocycles. The lowest BCUT2D eigenvalue weighted by Gasteiger charge is -2.24. The molecule has 0 unspecified atom stereocenters. The van der Waals surface area contributed by atoms with Gasteiger partial charge in [-0.1, -0.05) is 24.3 Å². The number of halogens is 2. The first-order valence-electron chi connectivity index (χ1n) is 6.68. The van der Waals surface area contributed by atoms with Gasteiger partial charge in [0.05, 0.1) is 5.41 Å². The summed E-state index contributed by atoms with van der Waals surface area (Å²) in [7, 11) is 0. The highest BCUT2D eigenvalue weighted by Gasteiger charge is 2.29. The van der Waals surface area contributed by atoms with E-state index in [4.69, 9.17) is 0 Å². The average molecular weight is 289 g/mol. The maximum absolute atomic E-state index is 12.9. The molecule has 0 radical (unpaired) electrons. The van der Waals surface area contributed by atoms with Crippen LogP contribution < -0.4 is 5.32 Å². The van der Waals surface area contributed by atoms with Crippen molar-refractivity contribution >= 4 is 5.91 Å². The van der Waals surface area contributed by atoms with E-state index in [-0.39, 0.29) is 17.5 Å². The standard InChI is InChI=1S/C17H17F2NO/c1-17(2,13-5-9-15(19)10-6-13)16(21)20-11-12-3-7-14(18)8-4-12/h3-10H,11H2,1-2H3,(H,20,21). The molecule has 0 aliphatic heterocycles. The highest BCUT2D eigenvalue weighted by molar-refractivity contribution is 5.87. The second kappa shape index (κ2) is 6.04. The van der Waals surface area contributed by atoms with E-state index < -0.39 is 5.41 Å². The Hall–Kier alpha value is -2.23. The Bertz CT molecular complexity index is 618. The molecule has 1 amide bonds. The molecule has 0 heterocycles. The molecule has 0 aliphatic rings. The van der Waals surface area contributed by atoms with Crippen molar-refractivity contribution in [3.05, 3.63) is 71.3 Å². The molecular weight excluding hydrogens is 272 g/mol. The Kier molecular flexibility index (Phi) is 4.36. The zero-order chi connectivity index (χ0) is 15.5. The predicted molar refractivity (Wildman–Crippen MR) is 77.7 cm³/mol. The number of carbonyl (C=O) groups excluding carboxylic acids is 1.